The Morgan fingerprint density at radius 2 is 1.84 bits per heavy atom. The number of alkyl halides is 6. The summed E-state index contributed by atoms with van der Waals surface area (Å²) in [6.45, 7) is 0. The molecule has 0 saturated heterocycles. The number of halogens is 6. The lowest BCUT2D eigenvalue weighted by atomic mass is 10.1. The summed E-state index contributed by atoms with van der Waals surface area (Å²) in [7, 11) is 0. The minimum absolute atomic E-state index is 0.418. The molecule has 0 amide bonds. The van der Waals surface area contributed by atoms with Gasteiger partial charge in [0.15, 0.2) is 11.4 Å². The number of hydrogen-bond acceptors (Lipinski definition) is 4. The standard InChI is InChI=1S/C9H4F6N2O2/c10-8(11,12)7-6(18)4(1-2-16)3-5(17-7)19-9(13,14)15/h3,18H,1H2. The third-order valence-electron chi connectivity index (χ3n) is 1.81. The van der Waals surface area contributed by atoms with Gasteiger partial charge in [-0.05, 0) is 0 Å². The zero-order valence-electron chi connectivity index (χ0n) is 8.80. The first kappa shape index (κ1) is 14.9. The van der Waals surface area contributed by atoms with Crippen molar-refractivity contribution in [1.82, 2.24) is 4.98 Å². The van der Waals surface area contributed by atoms with Gasteiger partial charge >= 0.3 is 12.5 Å². The summed E-state index contributed by atoms with van der Waals surface area (Å²) < 4.78 is 76.3. The molecule has 0 unspecified atom stereocenters. The molecule has 10 heteroatoms. The topological polar surface area (TPSA) is 66.1 Å². The maximum atomic E-state index is 12.4. The van der Waals surface area contributed by atoms with Crippen LogP contribution in [0.25, 0.3) is 0 Å². The van der Waals surface area contributed by atoms with Crippen LogP contribution in [-0.2, 0) is 12.6 Å². The van der Waals surface area contributed by atoms with Crippen molar-refractivity contribution in [1.29, 1.82) is 5.26 Å². The molecule has 0 aliphatic rings. The van der Waals surface area contributed by atoms with E-state index in [2.05, 4.69) is 9.72 Å². The molecular weight excluding hydrogens is 282 g/mol. The molecule has 0 spiro atoms. The average molecular weight is 286 g/mol. The molecule has 19 heavy (non-hydrogen) atoms. The highest BCUT2D eigenvalue weighted by Crippen LogP contribution is 2.38. The third-order valence-corrected chi connectivity index (χ3v) is 1.81. The van der Waals surface area contributed by atoms with Gasteiger partial charge < -0.3 is 9.84 Å². The van der Waals surface area contributed by atoms with E-state index < -0.39 is 41.8 Å². The Hall–Kier alpha value is -2.18. The Morgan fingerprint density at radius 1 is 1.26 bits per heavy atom. The summed E-state index contributed by atoms with van der Waals surface area (Å²) in [5, 5.41) is 17.5. The molecule has 1 aromatic heterocycles. The summed E-state index contributed by atoms with van der Waals surface area (Å²) >= 11 is 0. The molecule has 1 rings (SSSR count). The summed E-state index contributed by atoms with van der Waals surface area (Å²) in [6, 6.07) is 1.82. The maximum absolute atomic E-state index is 12.4. The molecule has 0 atom stereocenters. The van der Waals surface area contributed by atoms with Crippen molar-refractivity contribution in [3.8, 4) is 17.7 Å². The van der Waals surface area contributed by atoms with Crippen molar-refractivity contribution in [3.05, 3.63) is 17.3 Å². The van der Waals surface area contributed by atoms with Crippen LogP contribution in [0, 0.1) is 11.3 Å². The van der Waals surface area contributed by atoms with Crippen molar-refractivity contribution in [3.63, 3.8) is 0 Å². The zero-order valence-corrected chi connectivity index (χ0v) is 8.80. The predicted molar refractivity (Wildman–Crippen MR) is 46.9 cm³/mol. The highest BCUT2D eigenvalue weighted by atomic mass is 19.4. The van der Waals surface area contributed by atoms with Crippen LogP contribution in [0.1, 0.15) is 11.3 Å². The van der Waals surface area contributed by atoms with Crippen LogP contribution in [0.3, 0.4) is 0 Å². The second-order valence-corrected chi connectivity index (χ2v) is 3.20. The van der Waals surface area contributed by atoms with Gasteiger partial charge in [-0.25, -0.2) is 4.98 Å². The molecule has 0 radical (unpaired) electrons. The van der Waals surface area contributed by atoms with Gasteiger partial charge in [-0.15, -0.1) is 13.2 Å². The third kappa shape index (κ3) is 3.90. The SMILES string of the molecule is N#CCc1cc(OC(F)(F)F)nc(C(F)(F)F)c1O. The second-order valence-electron chi connectivity index (χ2n) is 3.20. The second kappa shape index (κ2) is 4.83. The zero-order chi connectivity index (χ0) is 14.8. The molecule has 4 nitrogen and oxygen atoms in total. The molecular formula is C9H4F6N2O2. The summed E-state index contributed by atoms with van der Waals surface area (Å²) in [5.74, 6) is -2.80. The minimum Gasteiger partial charge on any atom is -0.505 e. The monoisotopic (exact) mass is 286 g/mol. The van der Waals surface area contributed by atoms with E-state index in [4.69, 9.17) is 5.26 Å². The van der Waals surface area contributed by atoms with E-state index in [9.17, 15) is 31.4 Å². The number of rotatable bonds is 2. The number of nitriles is 1. The molecule has 0 aliphatic carbocycles. The van der Waals surface area contributed by atoms with Gasteiger partial charge in [0.1, 0.15) is 0 Å². The van der Waals surface area contributed by atoms with Crippen molar-refractivity contribution >= 4 is 0 Å². The van der Waals surface area contributed by atoms with Gasteiger partial charge in [-0.1, -0.05) is 0 Å². The van der Waals surface area contributed by atoms with Crippen LogP contribution >= 0.6 is 0 Å². The van der Waals surface area contributed by atoms with Crippen LogP contribution < -0.4 is 4.74 Å². The predicted octanol–water partition coefficient (Wildman–Crippen LogP) is 2.77. The fourth-order valence-corrected chi connectivity index (χ4v) is 1.15. The highest BCUT2D eigenvalue weighted by molar-refractivity contribution is 5.42. The quantitative estimate of drug-likeness (QED) is 0.849. The van der Waals surface area contributed by atoms with Crippen molar-refractivity contribution in [2.75, 3.05) is 0 Å². The minimum atomic E-state index is -5.24. The lowest BCUT2D eigenvalue weighted by molar-refractivity contribution is -0.276. The lowest BCUT2D eigenvalue weighted by Crippen LogP contribution is -2.19. The Labute approximate surface area is 101 Å². The van der Waals surface area contributed by atoms with E-state index in [1.165, 1.54) is 6.07 Å². The summed E-state index contributed by atoms with van der Waals surface area (Å²) in [5.41, 5.74) is -2.61. The number of hydrogen-bond donors (Lipinski definition) is 1. The van der Waals surface area contributed by atoms with Crippen LogP contribution in [0.2, 0.25) is 0 Å². The van der Waals surface area contributed by atoms with Gasteiger partial charge in [0, 0.05) is 11.6 Å². The van der Waals surface area contributed by atoms with Gasteiger partial charge in [-0.2, -0.15) is 18.4 Å². The molecule has 1 aromatic rings. The number of nitrogens with zero attached hydrogens (tertiary/aromatic N) is 2. The fourth-order valence-electron chi connectivity index (χ4n) is 1.15. The maximum Gasteiger partial charge on any atom is 0.574 e. The number of aromatic nitrogens is 1. The smallest absolute Gasteiger partial charge is 0.505 e. The van der Waals surface area contributed by atoms with Crippen LogP contribution in [-0.4, -0.2) is 16.5 Å². The van der Waals surface area contributed by atoms with E-state index in [1.54, 1.807) is 0 Å². The summed E-state index contributed by atoms with van der Waals surface area (Å²) in [6.07, 6.45) is -11.2. The first-order chi connectivity index (χ1) is 8.54. The molecule has 1 heterocycles. The van der Waals surface area contributed by atoms with Gasteiger partial charge in [0.25, 0.3) is 0 Å². The Bertz CT molecular complexity index is 517. The van der Waals surface area contributed by atoms with Crippen LogP contribution in [0.5, 0.6) is 11.6 Å². The van der Waals surface area contributed by atoms with Crippen LogP contribution in [0.15, 0.2) is 6.07 Å². The molecule has 1 N–H and O–H groups in total. The molecule has 0 fully saturated rings. The number of ether oxygens (including phenoxy) is 1. The lowest BCUT2D eigenvalue weighted by Gasteiger charge is -2.14. The molecule has 0 saturated carbocycles. The largest absolute Gasteiger partial charge is 0.574 e. The van der Waals surface area contributed by atoms with E-state index >= 15 is 0 Å². The normalized spacial score (nSPS) is 12.1. The van der Waals surface area contributed by atoms with Gasteiger partial charge in [0.2, 0.25) is 5.88 Å². The van der Waals surface area contributed by atoms with Gasteiger partial charge in [0.05, 0.1) is 12.5 Å². The average Bonchev–Trinajstić information content (AvgIpc) is 2.19. The Morgan fingerprint density at radius 3 is 2.26 bits per heavy atom. The Kier molecular flexibility index (Phi) is 3.78. The first-order valence-electron chi connectivity index (χ1n) is 4.47. The van der Waals surface area contributed by atoms with Crippen molar-refractivity contribution in [2.24, 2.45) is 0 Å². The number of pyridine rings is 1. The molecule has 0 bridgehead atoms. The van der Waals surface area contributed by atoms with E-state index in [-0.39, 0.29) is 0 Å². The van der Waals surface area contributed by atoms with Crippen LogP contribution in [0.4, 0.5) is 26.3 Å². The molecule has 0 aromatic carbocycles. The molecule has 0 aliphatic heterocycles. The summed E-state index contributed by atoms with van der Waals surface area (Å²) in [4.78, 5) is 2.55. The molecule has 104 valence electrons. The van der Waals surface area contributed by atoms with E-state index in [0.717, 1.165) is 0 Å². The van der Waals surface area contributed by atoms with Gasteiger partial charge in [-0.3, -0.25) is 0 Å². The van der Waals surface area contributed by atoms with Crippen molar-refractivity contribution < 1.29 is 36.2 Å². The Balaban J connectivity index is 3.36. The van der Waals surface area contributed by atoms with E-state index in [0.29, 0.717) is 6.07 Å². The fraction of sp³-hybridized carbons (Fsp3) is 0.333. The number of aromatic hydroxyl groups is 1. The van der Waals surface area contributed by atoms with Crippen molar-refractivity contribution in [2.45, 2.75) is 19.0 Å². The highest BCUT2D eigenvalue weighted by Gasteiger charge is 2.39. The first-order valence-corrected chi connectivity index (χ1v) is 4.47. The van der Waals surface area contributed by atoms with E-state index in [1.807, 2.05) is 0 Å².